The van der Waals surface area contributed by atoms with E-state index in [0.29, 0.717) is 24.2 Å². The first-order chi connectivity index (χ1) is 9.02. The summed E-state index contributed by atoms with van der Waals surface area (Å²) in [5.74, 6) is 0.0418. The van der Waals surface area contributed by atoms with Crippen LogP contribution in [-0.2, 0) is 0 Å². The molecule has 19 heavy (non-hydrogen) atoms. The summed E-state index contributed by atoms with van der Waals surface area (Å²) in [6.07, 6.45) is 0.655. The lowest BCUT2D eigenvalue weighted by Gasteiger charge is -2.11. The second-order valence-electron chi connectivity index (χ2n) is 4.39. The van der Waals surface area contributed by atoms with Crippen molar-refractivity contribution in [2.45, 2.75) is 13.3 Å². The molecule has 1 unspecified atom stereocenters. The van der Waals surface area contributed by atoms with Crippen LogP contribution in [0, 0.1) is 5.92 Å². The van der Waals surface area contributed by atoms with E-state index in [1.54, 1.807) is 24.3 Å². The SMILES string of the molecule is CC(CCO)CNC(=O)c1ccc(NC(N)=O)cc1. The zero-order valence-electron chi connectivity index (χ0n) is 10.8. The lowest BCUT2D eigenvalue weighted by Crippen LogP contribution is -2.28. The Bertz CT molecular complexity index is 431. The molecule has 0 heterocycles. The van der Waals surface area contributed by atoms with Gasteiger partial charge in [-0.1, -0.05) is 6.92 Å². The Labute approximate surface area is 112 Å². The van der Waals surface area contributed by atoms with E-state index in [1.165, 1.54) is 0 Å². The standard InChI is InChI=1S/C13H19N3O3/c1-9(6-7-17)8-15-12(18)10-2-4-11(5-3-10)16-13(14)19/h2-5,9,17H,6-8H2,1H3,(H,15,18)(H3,14,16,19). The van der Waals surface area contributed by atoms with Gasteiger partial charge in [0, 0.05) is 24.4 Å². The Balaban J connectivity index is 2.51. The number of primary amides is 1. The van der Waals surface area contributed by atoms with Crippen molar-refractivity contribution in [3.8, 4) is 0 Å². The molecule has 0 aromatic heterocycles. The van der Waals surface area contributed by atoms with Gasteiger partial charge in [-0.05, 0) is 36.6 Å². The number of aliphatic hydroxyl groups excluding tert-OH is 1. The summed E-state index contributed by atoms with van der Waals surface area (Å²) < 4.78 is 0. The van der Waals surface area contributed by atoms with Gasteiger partial charge in [-0.15, -0.1) is 0 Å². The molecule has 6 heteroatoms. The molecule has 0 aliphatic heterocycles. The fraction of sp³-hybridized carbons (Fsp3) is 0.385. The molecule has 1 aromatic rings. The molecule has 0 saturated carbocycles. The van der Waals surface area contributed by atoms with E-state index in [0.717, 1.165) is 0 Å². The molecular formula is C13H19N3O3. The molecular weight excluding hydrogens is 246 g/mol. The molecule has 6 nitrogen and oxygen atoms in total. The fourth-order valence-electron chi connectivity index (χ4n) is 1.54. The lowest BCUT2D eigenvalue weighted by molar-refractivity contribution is 0.0945. The average Bonchev–Trinajstić information content (AvgIpc) is 2.36. The summed E-state index contributed by atoms with van der Waals surface area (Å²) in [6.45, 7) is 2.58. The van der Waals surface area contributed by atoms with Crippen molar-refractivity contribution >= 4 is 17.6 Å². The highest BCUT2D eigenvalue weighted by Gasteiger charge is 2.07. The molecule has 1 atom stereocenters. The highest BCUT2D eigenvalue weighted by atomic mass is 16.3. The van der Waals surface area contributed by atoms with Crippen LogP contribution in [0.5, 0.6) is 0 Å². The summed E-state index contributed by atoms with van der Waals surface area (Å²) in [5.41, 5.74) is 6.03. The van der Waals surface area contributed by atoms with Crippen LogP contribution >= 0.6 is 0 Å². The van der Waals surface area contributed by atoms with Crippen LogP contribution in [0.3, 0.4) is 0 Å². The predicted octanol–water partition coefficient (Wildman–Crippen LogP) is 0.925. The van der Waals surface area contributed by atoms with E-state index < -0.39 is 6.03 Å². The van der Waals surface area contributed by atoms with Gasteiger partial charge in [-0.25, -0.2) is 4.79 Å². The maximum atomic E-state index is 11.8. The minimum Gasteiger partial charge on any atom is -0.396 e. The average molecular weight is 265 g/mol. The van der Waals surface area contributed by atoms with Crippen molar-refractivity contribution in [3.63, 3.8) is 0 Å². The van der Waals surface area contributed by atoms with Crippen molar-refractivity contribution in [2.24, 2.45) is 11.7 Å². The molecule has 0 radical (unpaired) electrons. The molecule has 0 saturated heterocycles. The topological polar surface area (TPSA) is 104 Å². The van der Waals surface area contributed by atoms with Crippen LogP contribution in [0.4, 0.5) is 10.5 Å². The van der Waals surface area contributed by atoms with Crippen LogP contribution in [0.25, 0.3) is 0 Å². The second-order valence-corrected chi connectivity index (χ2v) is 4.39. The van der Waals surface area contributed by atoms with Gasteiger partial charge < -0.3 is 21.5 Å². The van der Waals surface area contributed by atoms with Gasteiger partial charge in [-0.3, -0.25) is 4.79 Å². The molecule has 5 N–H and O–H groups in total. The van der Waals surface area contributed by atoms with E-state index in [4.69, 9.17) is 10.8 Å². The summed E-state index contributed by atoms with van der Waals surface area (Å²) >= 11 is 0. The highest BCUT2D eigenvalue weighted by molar-refractivity contribution is 5.95. The summed E-state index contributed by atoms with van der Waals surface area (Å²) in [4.78, 5) is 22.4. The third-order valence-corrected chi connectivity index (χ3v) is 2.65. The first kappa shape index (κ1) is 15.0. The van der Waals surface area contributed by atoms with Crippen LogP contribution in [0.1, 0.15) is 23.7 Å². The van der Waals surface area contributed by atoms with Crippen LogP contribution in [0.15, 0.2) is 24.3 Å². The van der Waals surface area contributed by atoms with E-state index in [9.17, 15) is 9.59 Å². The minimum absolute atomic E-state index is 0.116. The number of carbonyl (C=O) groups is 2. The molecule has 0 aliphatic rings. The third-order valence-electron chi connectivity index (χ3n) is 2.65. The third kappa shape index (κ3) is 5.39. The van der Waals surface area contributed by atoms with Gasteiger partial charge in [0.25, 0.3) is 5.91 Å². The van der Waals surface area contributed by atoms with Crippen LogP contribution in [-0.4, -0.2) is 30.2 Å². The van der Waals surface area contributed by atoms with E-state index in [-0.39, 0.29) is 18.4 Å². The van der Waals surface area contributed by atoms with Crippen molar-refractivity contribution in [1.82, 2.24) is 5.32 Å². The predicted molar refractivity (Wildman–Crippen MR) is 72.8 cm³/mol. The number of amides is 3. The molecule has 3 amide bonds. The Hall–Kier alpha value is -2.08. The van der Waals surface area contributed by atoms with E-state index >= 15 is 0 Å². The summed E-state index contributed by atoms with van der Waals surface area (Å²) in [5, 5.41) is 14.0. The number of nitrogens with two attached hydrogens (primary N) is 1. The van der Waals surface area contributed by atoms with Crippen LogP contribution in [0.2, 0.25) is 0 Å². The maximum absolute atomic E-state index is 11.8. The number of rotatable bonds is 6. The van der Waals surface area contributed by atoms with Gasteiger partial charge in [0.1, 0.15) is 0 Å². The van der Waals surface area contributed by atoms with Gasteiger partial charge in [0.2, 0.25) is 0 Å². The first-order valence-corrected chi connectivity index (χ1v) is 6.08. The quantitative estimate of drug-likeness (QED) is 0.614. The normalized spacial score (nSPS) is 11.7. The number of aliphatic hydroxyl groups is 1. The van der Waals surface area contributed by atoms with E-state index in [1.807, 2.05) is 6.92 Å². The number of urea groups is 1. The zero-order valence-corrected chi connectivity index (χ0v) is 10.8. The van der Waals surface area contributed by atoms with Crippen LogP contribution < -0.4 is 16.4 Å². The van der Waals surface area contributed by atoms with Crippen molar-refractivity contribution in [2.75, 3.05) is 18.5 Å². The Morgan fingerprint density at radius 2 is 1.95 bits per heavy atom. The van der Waals surface area contributed by atoms with Crippen molar-refractivity contribution in [3.05, 3.63) is 29.8 Å². The fourth-order valence-corrected chi connectivity index (χ4v) is 1.54. The number of hydrogen-bond acceptors (Lipinski definition) is 3. The van der Waals surface area contributed by atoms with Gasteiger partial charge >= 0.3 is 6.03 Å². The first-order valence-electron chi connectivity index (χ1n) is 6.08. The molecule has 0 spiro atoms. The van der Waals surface area contributed by atoms with Gasteiger partial charge in [-0.2, -0.15) is 0 Å². The second kappa shape index (κ2) is 7.38. The number of carbonyl (C=O) groups excluding carboxylic acids is 2. The molecule has 0 fully saturated rings. The lowest BCUT2D eigenvalue weighted by atomic mass is 10.1. The summed E-state index contributed by atoms with van der Waals surface area (Å²) in [6, 6.07) is 5.79. The monoisotopic (exact) mass is 265 g/mol. The maximum Gasteiger partial charge on any atom is 0.316 e. The zero-order chi connectivity index (χ0) is 14.3. The minimum atomic E-state index is -0.643. The highest BCUT2D eigenvalue weighted by Crippen LogP contribution is 2.09. The number of nitrogens with one attached hydrogen (secondary N) is 2. The summed E-state index contributed by atoms with van der Waals surface area (Å²) in [7, 11) is 0. The van der Waals surface area contributed by atoms with Crippen molar-refractivity contribution in [1.29, 1.82) is 0 Å². The number of hydrogen-bond donors (Lipinski definition) is 4. The smallest absolute Gasteiger partial charge is 0.316 e. The number of benzene rings is 1. The van der Waals surface area contributed by atoms with E-state index in [2.05, 4.69) is 10.6 Å². The molecule has 1 aromatic carbocycles. The number of anilines is 1. The Morgan fingerprint density at radius 3 is 2.47 bits per heavy atom. The Morgan fingerprint density at radius 1 is 1.32 bits per heavy atom. The van der Waals surface area contributed by atoms with Crippen molar-refractivity contribution < 1.29 is 14.7 Å². The largest absolute Gasteiger partial charge is 0.396 e. The Kier molecular flexibility index (Phi) is 5.81. The molecule has 0 bridgehead atoms. The van der Waals surface area contributed by atoms with Gasteiger partial charge in [0.15, 0.2) is 0 Å². The molecule has 1 rings (SSSR count). The van der Waals surface area contributed by atoms with Gasteiger partial charge in [0.05, 0.1) is 0 Å². The molecule has 104 valence electrons. The molecule has 0 aliphatic carbocycles.